The Morgan fingerprint density at radius 2 is 2.23 bits per heavy atom. The number of hydrogen-bond acceptors (Lipinski definition) is 1. The molecule has 2 heterocycles. The Morgan fingerprint density at radius 1 is 1.31 bits per heavy atom. The van der Waals surface area contributed by atoms with Crippen molar-refractivity contribution in [1.82, 2.24) is 9.38 Å². The van der Waals surface area contributed by atoms with Gasteiger partial charge in [0.15, 0.2) is 0 Å². The fourth-order valence-corrected chi connectivity index (χ4v) is 2.34. The highest BCUT2D eigenvalue weighted by atomic mass is 79.9. The van der Waals surface area contributed by atoms with Crippen LogP contribution in [0, 0.1) is 0 Å². The van der Waals surface area contributed by atoms with Crippen molar-refractivity contribution in [3.63, 3.8) is 0 Å². The second kappa shape index (κ2) is 2.58. The van der Waals surface area contributed by atoms with Gasteiger partial charge in [0, 0.05) is 16.4 Å². The molecule has 0 amide bonds. The maximum Gasteiger partial charge on any atom is 0.137 e. The second-order valence-electron chi connectivity index (χ2n) is 3.43. The van der Waals surface area contributed by atoms with Crippen LogP contribution in [0.2, 0.25) is 0 Å². The van der Waals surface area contributed by atoms with Crippen LogP contribution in [-0.2, 0) is 12.8 Å². The molecule has 0 N–H and O–H groups in total. The van der Waals surface area contributed by atoms with E-state index in [1.54, 1.807) is 0 Å². The Labute approximate surface area is 84.7 Å². The summed E-state index contributed by atoms with van der Waals surface area (Å²) < 4.78 is 3.32. The maximum absolute atomic E-state index is 4.58. The number of fused-ring (bicyclic) bond motifs is 3. The van der Waals surface area contributed by atoms with Crippen LogP contribution in [0.3, 0.4) is 0 Å². The number of imidazole rings is 1. The quantitative estimate of drug-likeness (QED) is 0.688. The van der Waals surface area contributed by atoms with Gasteiger partial charge in [0.05, 0.1) is 5.69 Å². The molecule has 3 rings (SSSR count). The zero-order valence-electron chi connectivity index (χ0n) is 7.13. The van der Waals surface area contributed by atoms with Crippen LogP contribution in [0.25, 0.3) is 5.65 Å². The minimum atomic E-state index is 1.08. The summed E-state index contributed by atoms with van der Waals surface area (Å²) >= 11 is 3.48. The smallest absolute Gasteiger partial charge is 0.137 e. The molecule has 1 aliphatic carbocycles. The van der Waals surface area contributed by atoms with Gasteiger partial charge in [-0.25, -0.2) is 4.98 Å². The molecule has 0 bridgehead atoms. The Balaban J connectivity index is 2.40. The van der Waals surface area contributed by atoms with Gasteiger partial charge in [-0.15, -0.1) is 0 Å². The average molecular weight is 237 g/mol. The minimum absolute atomic E-state index is 1.08. The summed E-state index contributed by atoms with van der Waals surface area (Å²) in [5.74, 6) is 0. The van der Waals surface area contributed by atoms with E-state index in [4.69, 9.17) is 0 Å². The van der Waals surface area contributed by atoms with Gasteiger partial charge in [0.2, 0.25) is 0 Å². The molecule has 0 spiro atoms. The van der Waals surface area contributed by atoms with E-state index in [9.17, 15) is 0 Å². The summed E-state index contributed by atoms with van der Waals surface area (Å²) in [5, 5.41) is 0. The van der Waals surface area contributed by atoms with E-state index in [0.717, 1.165) is 16.5 Å². The summed E-state index contributed by atoms with van der Waals surface area (Å²) in [6.07, 6.45) is 5.68. The molecule has 2 aromatic rings. The Hall–Kier alpha value is -0.830. The van der Waals surface area contributed by atoms with Crippen molar-refractivity contribution < 1.29 is 0 Å². The fraction of sp³-hybridized carbons (Fsp3) is 0.300. The van der Waals surface area contributed by atoms with Crippen LogP contribution in [0.5, 0.6) is 0 Å². The van der Waals surface area contributed by atoms with Gasteiger partial charge in [-0.05, 0) is 47.3 Å². The molecule has 13 heavy (non-hydrogen) atoms. The summed E-state index contributed by atoms with van der Waals surface area (Å²) in [6, 6.07) is 4.10. The molecule has 0 atom stereocenters. The first-order valence-corrected chi connectivity index (χ1v) is 5.29. The molecule has 0 fully saturated rings. The lowest BCUT2D eigenvalue weighted by Gasteiger charge is -1.97. The minimum Gasteiger partial charge on any atom is -0.303 e. The third-order valence-electron chi connectivity index (χ3n) is 2.59. The number of rotatable bonds is 0. The van der Waals surface area contributed by atoms with Gasteiger partial charge in [-0.1, -0.05) is 0 Å². The Morgan fingerprint density at radius 3 is 3.15 bits per heavy atom. The van der Waals surface area contributed by atoms with E-state index in [1.165, 1.54) is 24.2 Å². The maximum atomic E-state index is 4.58. The molecule has 3 heteroatoms. The van der Waals surface area contributed by atoms with E-state index in [2.05, 4.69) is 37.6 Å². The van der Waals surface area contributed by atoms with E-state index >= 15 is 0 Å². The van der Waals surface area contributed by atoms with Crippen LogP contribution >= 0.6 is 15.9 Å². The lowest BCUT2D eigenvalue weighted by atomic mass is 10.3. The molecular weight excluding hydrogens is 228 g/mol. The molecule has 0 aromatic carbocycles. The summed E-state index contributed by atoms with van der Waals surface area (Å²) in [7, 11) is 0. The molecule has 2 aromatic heterocycles. The normalized spacial score (nSPS) is 15.2. The molecule has 66 valence electrons. The van der Waals surface area contributed by atoms with E-state index in [-0.39, 0.29) is 0 Å². The fourth-order valence-electron chi connectivity index (χ4n) is 2.00. The number of halogens is 1. The van der Waals surface area contributed by atoms with Crippen molar-refractivity contribution in [1.29, 1.82) is 0 Å². The Kier molecular flexibility index (Phi) is 1.50. The first-order valence-electron chi connectivity index (χ1n) is 4.50. The van der Waals surface area contributed by atoms with Crippen LogP contribution < -0.4 is 0 Å². The van der Waals surface area contributed by atoms with Crippen molar-refractivity contribution in [2.24, 2.45) is 0 Å². The lowest BCUT2D eigenvalue weighted by Crippen LogP contribution is -1.89. The van der Waals surface area contributed by atoms with Crippen molar-refractivity contribution >= 4 is 21.6 Å². The predicted molar refractivity (Wildman–Crippen MR) is 54.9 cm³/mol. The first kappa shape index (κ1) is 7.56. The van der Waals surface area contributed by atoms with Crippen molar-refractivity contribution in [3.05, 3.63) is 34.2 Å². The summed E-state index contributed by atoms with van der Waals surface area (Å²) in [5.41, 5.74) is 3.77. The highest BCUT2D eigenvalue weighted by Gasteiger charge is 2.17. The molecule has 0 aliphatic heterocycles. The van der Waals surface area contributed by atoms with Gasteiger partial charge in [-0.2, -0.15) is 0 Å². The Bertz CT molecular complexity index is 473. The first-order chi connectivity index (χ1) is 6.34. The zero-order chi connectivity index (χ0) is 8.84. The molecule has 0 saturated carbocycles. The van der Waals surface area contributed by atoms with Gasteiger partial charge < -0.3 is 4.40 Å². The molecule has 2 nitrogen and oxygen atoms in total. The second-order valence-corrected chi connectivity index (χ2v) is 4.35. The molecule has 0 saturated heterocycles. The summed E-state index contributed by atoms with van der Waals surface area (Å²) in [6.45, 7) is 0. The van der Waals surface area contributed by atoms with Crippen LogP contribution in [0.15, 0.2) is 22.8 Å². The SMILES string of the molecule is Brc1ccc2nc3c(n2c1)CCC3. The average Bonchev–Trinajstić information content (AvgIpc) is 2.64. The predicted octanol–water partition coefficient (Wildman–Crippen LogP) is 2.59. The summed E-state index contributed by atoms with van der Waals surface area (Å²) in [4.78, 5) is 4.58. The van der Waals surface area contributed by atoms with Gasteiger partial charge in [-0.3, -0.25) is 0 Å². The molecule has 0 radical (unpaired) electrons. The van der Waals surface area contributed by atoms with Crippen LogP contribution in [-0.4, -0.2) is 9.38 Å². The highest BCUT2D eigenvalue weighted by Crippen LogP contribution is 2.24. The topological polar surface area (TPSA) is 17.3 Å². The number of aromatic nitrogens is 2. The van der Waals surface area contributed by atoms with Crippen molar-refractivity contribution in [2.75, 3.05) is 0 Å². The number of pyridine rings is 1. The molecular formula is C10H9BrN2. The third-order valence-corrected chi connectivity index (χ3v) is 3.06. The van der Waals surface area contributed by atoms with Crippen LogP contribution in [0.4, 0.5) is 0 Å². The van der Waals surface area contributed by atoms with Gasteiger partial charge in [0.1, 0.15) is 5.65 Å². The van der Waals surface area contributed by atoms with Crippen LogP contribution in [0.1, 0.15) is 17.8 Å². The van der Waals surface area contributed by atoms with E-state index in [1.807, 2.05) is 6.07 Å². The van der Waals surface area contributed by atoms with Crippen molar-refractivity contribution in [2.45, 2.75) is 19.3 Å². The zero-order valence-corrected chi connectivity index (χ0v) is 8.71. The van der Waals surface area contributed by atoms with Gasteiger partial charge >= 0.3 is 0 Å². The highest BCUT2D eigenvalue weighted by molar-refractivity contribution is 9.10. The molecule has 1 aliphatic rings. The van der Waals surface area contributed by atoms with E-state index < -0.39 is 0 Å². The lowest BCUT2D eigenvalue weighted by molar-refractivity contribution is 0.868. The van der Waals surface area contributed by atoms with Crippen molar-refractivity contribution in [3.8, 4) is 0 Å². The third kappa shape index (κ3) is 1.03. The van der Waals surface area contributed by atoms with Gasteiger partial charge in [0.25, 0.3) is 0 Å². The monoisotopic (exact) mass is 236 g/mol. The van der Waals surface area contributed by atoms with E-state index in [0.29, 0.717) is 0 Å². The number of hydrogen-bond donors (Lipinski definition) is 0. The number of nitrogens with zero attached hydrogens (tertiary/aromatic N) is 2. The standard InChI is InChI=1S/C10H9BrN2/c11-7-4-5-10-12-8-2-1-3-9(8)13(10)6-7/h4-6H,1-3H2. The largest absolute Gasteiger partial charge is 0.303 e. The number of aryl methyl sites for hydroxylation is 2. The molecule has 0 unspecified atom stereocenters.